The Bertz CT molecular complexity index is 154. The Kier molecular flexibility index (Phi) is 5.02. The van der Waals surface area contributed by atoms with Crippen molar-refractivity contribution in [1.82, 2.24) is 0 Å². The van der Waals surface area contributed by atoms with Crippen molar-refractivity contribution in [3.63, 3.8) is 0 Å². The molecular weight excluding hydrogens is 156 g/mol. The molecule has 0 bridgehead atoms. The third-order valence-electron chi connectivity index (χ3n) is 1.83. The molecule has 0 aromatic carbocycles. The number of rotatable bonds is 2. The SMILES string of the molecule is CCC1=C(CC)CC=[C-]1.[Ti]. The summed E-state index contributed by atoms with van der Waals surface area (Å²) in [6.07, 6.45) is 8.90. The van der Waals surface area contributed by atoms with E-state index >= 15 is 0 Å². The summed E-state index contributed by atoms with van der Waals surface area (Å²) in [6.45, 7) is 4.41. The van der Waals surface area contributed by atoms with Crippen LogP contribution in [-0.4, -0.2) is 0 Å². The van der Waals surface area contributed by atoms with Crippen LogP contribution >= 0.6 is 0 Å². The summed E-state index contributed by atoms with van der Waals surface area (Å²) in [5.74, 6) is 0. The normalized spacial score (nSPS) is 15.8. The van der Waals surface area contributed by atoms with Crippen molar-refractivity contribution < 1.29 is 21.7 Å². The van der Waals surface area contributed by atoms with Crippen molar-refractivity contribution in [2.24, 2.45) is 0 Å². The van der Waals surface area contributed by atoms with Gasteiger partial charge in [0, 0.05) is 21.7 Å². The summed E-state index contributed by atoms with van der Waals surface area (Å²) in [6, 6.07) is 0. The van der Waals surface area contributed by atoms with Gasteiger partial charge in [-0.05, 0) is 0 Å². The molecule has 0 aromatic rings. The summed E-state index contributed by atoms with van der Waals surface area (Å²) in [7, 11) is 0. The van der Waals surface area contributed by atoms with Crippen molar-refractivity contribution in [3.05, 3.63) is 23.3 Å². The fraction of sp³-hybridized carbons (Fsp3) is 0.556. The van der Waals surface area contributed by atoms with Gasteiger partial charge in [0.05, 0.1) is 0 Å². The third-order valence-corrected chi connectivity index (χ3v) is 1.83. The zero-order valence-corrected chi connectivity index (χ0v) is 8.26. The van der Waals surface area contributed by atoms with Gasteiger partial charge in [-0.3, -0.25) is 6.08 Å². The van der Waals surface area contributed by atoms with Gasteiger partial charge in [0.15, 0.2) is 0 Å². The van der Waals surface area contributed by atoms with E-state index in [-0.39, 0.29) is 21.7 Å². The molecule has 0 aliphatic heterocycles. The van der Waals surface area contributed by atoms with E-state index in [0.717, 1.165) is 12.8 Å². The van der Waals surface area contributed by atoms with Crippen LogP contribution in [0.4, 0.5) is 0 Å². The molecule has 0 saturated carbocycles. The molecule has 0 nitrogen and oxygen atoms in total. The molecule has 0 fully saturated rings. The fourth-order valence-electron chi connectivity index (χ4n) is 1.23. The number of allylic oxidation sites excluding steroid dienone is 4. The van der Waals surface area contributed by atoms with E-state index in [2.05, 4.69) is 26.0 Å². The van der Waals surface area contributed by atoms with E-state index in [1.54, 1.807) is 5.57 Å². The molecule has 1 heteroatoms. The topological polar surface area (TPSA) is 0 Å². The summed E-state index contributed by atoms with van der Waals surface area (Å²) in [4.78, 5) is 0. The van der Waals surface area contributed by atoms with Crippen LogP contribution in [-0.2, 0) is 21.7 Å². The molecule has 0 N–H and O–H groups in total. The Hall–Kier alpha value is 0.194. The minimum atomic E-state index is 0. The molecule has 1 aliphatic carbocycles. The molecule has 0 radical (unpaired) electrons. The molecule has 0 amide bonds. The van der Waals surface area contributed by atoms with Crippen molar-refractivity contribution in [2.75, 3.05) is 0 Å². The van der Waals surface area contributed by atoms with Crippen LogP contribution in [0.5, 0.6) is 0 Å². The third kappa shape index (κ3) is 2.11. The smallest absolute Gasteiger partial charge is 0 e. The van der Waals surface area contributed by atoms with Crippen LogP contribution in [0.15, 0.2) is 17.2 Å². The average Bonchev–Trinajstić information content (AvgIpc) is 2.33. The molecule has 0 unspecified atom stereocenters. The van der Waals surface area contributed by atoms with Gasteiger partial charge in [-0.15, -0.1) is 6.42 Å². The van der Waals surface area contributed by atoms with Crippen LogP contribution in [0.3, 0.4) is 0 Å². The summed E-state index contributed by atoms with van der Waals surface area (Å²) in [5.41, 5.74) is 3.02. The fourth-order valence-corrected chi connectivity index (χ4v) is 1.23. The van der Waals surface area contributed by atoms with Crippen molar-refractivity contribution in [2.45, 2.75) is 33.1 Å². The van der Waals surface area contributed by atoms with Crippen molar-refractivity contribution in [3.8, 4) is 0 Å². The van der Waals surface area contributed by atoms with E-state index in [1.165, 1.54) is 12.0 Å². The van der Waals surface area contributed by atoms with E-state index in [9.17, 15) is 0 Å². The molecule has 0 saturated heterocycles. The zero-order valence-electron chi connectivity index (χ0n) is 6.70. The van der Waals surface area contributed by atoms with Crippen LogP contribution in [0.2, 0.25) is 0 Å². The summed E-state index contributed by atoms with van der Waals surface area (Å²) in [5, 5.41) is 0. The second-order valence-corrected chi connectivity index (χ2v) is 2.34. The molecule has 1 rings (SSSR count). The molecular formula is C9H13Ti-. The Balaban J connectivity index is 0.000000810. The minimum Gasteiger partial charge on any atom is -0.253 e. The first-order valence-electron chi connectivity index (χ1n) is 3.67. The number of hydrogen-bond acceptors (Lipinski definition) is 0. The maximum atomic E-state index is 3.26. The van der Waals surface area contributed by atoms with Gasteiger partial charge < -0.3 is 0 Å². The van der Waals surface area contributed by atoms with Crippen molar-refractivity contribution in [1.29, 1.82) is 0 Å². The molecule has 0 heterocycles. The standard InChI is InChI=1S/C9H13.Ti/c1-3-8-6-5-7-9(8)4-2;/h5H,3-4,6H2,1-2H3;/q-1;. The first-order valence-corrected chi connectivity index (χ1v) is 3.67. The Morgan fingerprint density at radius 3 is 2.50 bits per heavy atom. The van der Waals surface area contributed by atoms with E-state index in [4.69, 9.17) is 0 Å². The maximum Gasteiger partial charge on any atom is 0 e. The Morgan fingerprint density at radius 2 is 2.10 bits per heavy atom. The van der Waals surface area contributed by atoms with Gasteiger partial charge in [-0.2, -0.15) is 6.08 Å². The van der Waals surface area contributed by atoms with E-state index in [0.29, 0.717) is 0 Å². The Morgan fingerprint density at radius 1 is 1.40 bits per heavy atom. The maximum absolute atomic E-state index is 3.26. The summed E-state index contributed by atoms with van der Waals surface area (Å²) < 4.78 is 0. The second-order valence-electron chi connectivity index (χ2n) is 2.34. The minimum absolute atomic E-state index is 0. The van der Waals surface area contributed by atoms with E-state index < -0.39 is 0 Å². The molecule has 0 aromatic heterocycles. The first kappa shape index (κ1) is 10.2. The average molecular weight is 169 g/mol. The van der Waals surface area contributed by atoms with Crippen LogP contribution in [0.25, 0.3) is 0 Å². The zero-order chi connectivity index (χ0) is 6.69. The quantitative estimate of drug-likeness (QED) is 0.440. The van der Waals surface area contributed by atoms with Crippen LogP contribution in [0.1, 0.15) is 33.1 Å². The van der Waals surface area contributed by atoms with Crippen LogP contribution in [0, 0.1) is 6.08 Å². The van der Waals surface area contributed by atoms with Gasteiger partial charge in [0.1, 0.15) is 0 Å². The Labute approximate surface area is 78.3 Å². The molecule has 1 aliphatic rings. The second kappa shape index (κ2) is 4.93. The molecule has 54 valence electrons. The van der Waals surface area contributed by atoms with E-state index in [1.807, 2.05) is 0 Å². The predicted molar refractivity (Wildman–Crippen MR) is 40.0 cm³/mol. The predicted octanol–water partition coefficient (Wildman–Crippen LogP) is 2.86. The number of hydrogen-bond donors (Lipinski definition) is 0. The van der Waals surface area contributed by atoms with Crippen molar-refractivity contribution >= 4 is 0 Å². The van der Waals surface area contributed by atoms with Gasteiger partial charge in [-0.25, -0.2) is 11.1 Å². The summed E-state index contributed by atoms with van der Waals surface area (Å²) >= 11 is 0. The van der Waals surface area contributed by atoms with Crippen LogP contribution < -0.4 is 0 Å². The monoisotopic (exact) mass is 169 g/mol. The first-order chi connectivity index (χ1) is 4.38. The largest absolute Gasteiger partial charge is 0.253 e. The molecule has 0 spiro atoms. The molecule has 0 atom stereocenters. The van der Waals surface area contributed by atoms with Gasteiger partial charge in [0.25, 0.3) is 0 Å². The molecule has 10 heavy (non-hydrogen) atoms. The van der Waals surface area contributed by atoms with Gasteiger partial charge >= 0.3 is 0 Å². The van der Waals surface area contributed by atoms with Gasteiger partial charge in [0.2, 0.25) is 0 Å². The van der Waals surface area contributed by atoms with Gasteiger partial charge in [-0.1, -0.05) is 26.7 Å².